The Balaban J connectivity index is 1.70. The Morgan fingerprint density at radius 3 is 3.14 bits per heavy atom. The molecule has 0 amide bonds. The number of nitrogens with zero attached hydrogens (tertiary/aromatic N) is 3. The Labute approximate surface area is 126 Å². The summed E-state index contributed by atoms with van der Waals surface area (Å²) in [5.41, 5.74) is -0.0986. The van der Waals surface area contributed by atoms with Crippen molar-refractivity contribution in [3.63, 3.8) is 0 Å². The van der Waals surface area contributed by atoms with E-state index in [1.54, 1.807) is 18.5 Å². The van der Waals surface area contributed by atoms with Crippen molar-refractivity contribution in [1.29, 1.82) is 0 Å². The minimum atomic E-state index is -0.0986. The second kappa shape index (κ2) is 6.54. The van der Waals surface area contributed by atoms with Crippen molar-refractivity contribution in [2.24, 2.45) is 5.92 Å². The lowest BCUT2D eigenvalue weighted by molar-refractivity contribution is -0.0975. The fourth-order valence-electron chi connectivity index (χ4n) is 3.47. The SMILES string of the molecule is C=CCOC[C@@H]1CCC[C@]12CN(c1ncccn1)CCO2. The molecule has 0 bridgehead atoms. The quantitative estimate of drug-likeness (QED) is 0.613. The third-order valence-electron chi connectivity index (χ3n) is 4.50. The highest BCUT2D eigenvalue weighted by Gasteiger charge is 2.47. The maximum absolute atomic E-state index is 6.22. The van der Waals surface area contributed by atoms with Crippen LogP contribution in [0, 0.1) is 5.92 Å². The average Bonchev–Trinajstić information content (AvgIpc) is 2.91. The zero-order valence-electron chi connectivity index (χ0n) is 12.4. The molecule has 5 heteroatoms. The van der Waals surface area contributed by atoms with Crippen LogP contribution in [0.25, 0.3) is 0 Å². The fraction of sp³-hybridized carbons (Fsp3) is 0.625. The molecule has 5 nitrogen and oxygen atoms in total. The number of anilines is 1. The van der Waals surface area contributed by atoms with Crippen molar-refractivity contribution >= 4 is 5.95 Å². The van der Waals surface area contributed by atoms with Gasteiger partial charge in [-0.3, -0.25) is 0 Å². The van der Waals surface area contributed by atoms with Crippen molar-refractivity contribution < 1.29 is 9.47 Å². The minimum absolute atomic E-state index is 0.0986. The van der Waals surface area contributed by atoms with Gasteiger partial charge in [0.1, 0.15) is 0 Å². The van der Waals surface area contributed by atoms with Crippen LogP contribution in [0.2, 0.25) is 0 Å². The molecule has 0 radical (unpaired) electrons. The van der Waals surface area contributed by atoms with Gasteiger partial charge in [0.2, 0.25) is 5.95 Å². The summed E-state index contributed by atoms with van der Waals surface area (Å²) in [4.78, 5) is 11.0. The van der Waals surface area contributed by atoms with E-state index in [-0.39, 0.29) is 5.60 Å². The Kier molecular flexibility index (Phi) is 4.51. The van der Waals surface area contributed by atoms with Crippen molar-refractivity contribution in [2.75, 3.05) is 37.8 Å². The van der Waals surface area contributed by atoms with Crippen LogP contribution in [-0.2, 0) is 9.47 Å². The van der Waals surface area contributed by atoms with Gasteiger partial charge in [-0.05, 0) is 18.9 Å². The maximum Gasteiger partial charge on any atom is 0.225 e. The van der Waals surface area contributed by atoms with E-state index in [4.69, 9.17) is 9.47 Å². The lowest BCUT2D eigenvalue weighted by Gasteiger charge is -2.44. The van der Waals surface area contributed by atoms with Crippen LogP contribution in [0.5, 0.6) is 0 Å². The number of hydrogen-bond acceptors (Lipinski definition) is 5. The van der Waals surface area contributed by atoms with Gasteiger partial charge in [-0.25, -0.2) is 9.97 Å². The lowest BCUT2D eigenvalue weighted by Crippen LogP contribution is -2.55. The van der Waals surface area contributed by atoms with E-state index in [1.807, 2.05) is 6.07 Å². The second-order valence-corrected chi connectivity index (χ2v) is 5.80. The van der Waals surface area contributed by atoms with Crippen LogP contribution in [0.4, 0.5) is 5.95 Å². The van der Waals surface area contributed by atoms with Gasteiger partial charge in [-0.1, -0.05) is 12.5 Å². The van der Waals surface area contributed by atoms with E-state index in [2.05, 4.69) is 21.4 Å². The topological polar surface area (TPSA) is 47.5 Å². The van der Waals surface area contributed by atoms with Crippen LogP contribution in [0.15, 0.2) is 31.1 Å². The first-order valence-electron chi connectivity index (χ1n) is 7.69. The monoisotopic (exact) mass is 289 g/mol. The molecule has 1 aliphatic heterocycles. The Morgan fingerprint density at radius 2 is 2.33 bits per heavy atom. The van der Waals surface area contributed by atoms with Crippen molar-refractivity contribution in [3.05, 3.63) is 31.1 Å². The molecule has 0 N–H and O–H groups in total. The van der Waals surface area contributed by atoms with E-state index in [0.717, 1.165) is 38.7 Å². The normalized spacial score (nSPS) is 29.0. The summed E-state index contributed by atoms with van der Waals surface area (Å²) in [7, 11) is 0. The summed E-state index contributed by atoms with van der Waals surface area (Å²) in [6, 6.07) is 1.85. The van der Waals surface area contributed by atoms with Gasteiger partial charge in [-0.15, -0.1) is 6.58 Å². The molecule has 0 unspecified atom stereocenters. The highest BCUT2D eigenvalue weighted by atomic mass is 16.5. The zero-order valence-corrected chi connectivity index (χ0v) is 12.4. The summed E-state index contributed by atoms with van der Waals surface area (Å²) in [5, 5.41) is 0. The van der Waals surface area contributed by atoms with Crippen molar-refractivity contribution in [3.8, 4) is 0 Å². The van der Waals surface area contributed by atoms with Crippen LogP contribution >= 0.6 is 0 Å². The van der Waals surface area contributed by atoms with Crippen LogP contribution in [0.3, 0.4) is 0 Å². The van der Waals surface area contributed by atoms with Gasteiger partial charge < -0.3 is 14.4 Å². The molecule has 2 aliphatic rings. The summed E-state index contributed by atoms with van der Waals surface area (Å²) in [6.45, 7) is 7.50. The largest absolute Gasteiger partial charge is 0.377 e. The van der Waals surface area contributed by atoms with Gasteiger partial charge in [0, 0.05) is 24.9 Å². The van der Waals surface area contributed by atoms with Gasteiger partial charge in [0.15, 0.2) is 0 Å². The van der Waals surface area contributed by atoms with Gasteiger partial charge in [0.25, 0.3) is 0 Å². The molecule has 2 atom stereocenters. The standard InChI is InChI=1S/C16H23N3O2/c1-2-10-20-12-14-5-3-6-16(14)13-19(9-11-21-16)15-17-7-4-8-18-15/h2,4,7-8,14H,1,3,5-6,9-13H2/t14-,16-/m0/s1. The number of ether oxygens (including phenoxy) is 2. The van der Waals surface area contributed by atoms with Crippen molar-refractivity contribution in [2.45, 2.75) is 24.9 Å². The molecular formula is C16H23N3O2. The highest BCUT2D eigenvalue weighted by molar-refractivity contribution is 5.31. The molecule has 1 spiro atoms. The number of morpholine rings is 1. The summed E-state index contributed by atoms with van der Waals surface area (Å²) in [6.07, 6.45) is 8.85. The van der Waals surface area contributed by atoms with E-state index in [0.29, 0.717) is 12.5 Å². The van der Waals surface area contributed by atoms with Gasteiger partial charge >= 0.3 is 0 Å². The van der Waals surface area contributed by atoms with E-state index >= 15 is 0 Å². The number of aromatic nitrogens is 2. The second-order valence-electron chi connectivity index (χ2n) is 5.80. The first kappa shape index (κ1) is 14.5. The third kappa shape index (κ3) is 3.09. The van der Waals surface area contributed by atoms with Crippen molar-refractivity contribution in [1.82, 2.24) is 9.97 Å². The lowest BCUT2D eigenvalue weighted by atomic mass is 9.89. The van der Waals surface area contributed by atoms with E-state index < -0.39 is 0 Å². The first-order chi connectivity index (χ1) is 10.3. The molecule has 1 saturated carbocycles. The van der Waals surface area contributed by atoms with Crippen LogP contribution < -0.4 is 4.90 Å². The predicted octanol–water partition coefficient (Wildman–Crippen LogP) is 2.05. The Bertz CT molecular complexity index is 468. The van der Waals surface area contributed by atoms with E-state index in [1.165, 1.54) is 12.8 Å². The molecule has 21 heavy (non-hydrogen) atoms. The number of hydrogen-bond donors (Lipinski definition) is 0. The first-order valence-corrected chi connectivity index (χ1v) is 7.69. The summed E-state index contributed by atoms with van der Waals surface area (Å²) < 4.78 is 11.9. The van der Waals surface area contributed by atoms with Crippen LogP contribution in [-0.4, -0.2) is 48.5 Å². The molecule has 0 aromatic carbocycles. The fourth-order valence-corrected chi connectivity index (χ4v) is 3.47. The molecule has 2 fully saturated rings. The minimum Gasteiger partial charge on any atom is -0.377 e. The molecule has 2 heterocycles. The third-order valence-corrected chi connectivity index (χ3v) is 4.50. The Morgan fingerprint density at radius 1 is 1.48 bits per heavy atom. The molecule has 114 valence electrons. The Hall–Kier alpha value is -1.46. The smallest absolute Gasteiger partial charge is 0.225 e. The average molecular weight is 289 g/mol. The molecule has 1 saturated heterocycles. The predicted molar refractivity (Wildman–Crippen MR) is 81.3 cm³/mol. The molecule has 1 aromatic heterocycles. The molecule has 1 aromatic rings. The maximum atomic E-state index is 6.22. The molecule has 3 rings (SSSR count). The van der Waals surface area contributed by atoms with Gasteiger partial charge in [0.05, 0.1) is 32.0 Å². The van der Waals surface area contributed by atoms with Gasteiger partial charge in [-0.2, -0.15) is 0 Å². The summed E-state index contributed by atoms with van der Waals surface area (Å²) in [5.74, 6) is 1.25. The zero-order chi connectivity index (χ0) is 14.5. The summed E-state index contributed by atoms with van der Waals surface area (Å²) >= 11 is 0. The van der Waals surface area contributed by atoms with E-state index in [9.17, 15) is 0 Å². The highest BCUT2D eigenvalue weighted by Crippen LogP contribution is 2.41. The molecular weight excluding hydrogens is 266 g/mol. The van der Waals surface area contributed by atoms with Crippen LogP contribution in [0.1, 0.15) is 19.3 Å². The number of rotatable bonds is 5. The molecule has 1 aliphatic carbocycles.